The molecule has 0 aliphatic rings. The first-order valence-corrected chi connectivity index (χ1v) is 13.9. The number of nitrogens with two attached hydrogens (primary N) is 1. The van der Waals surface area contributed by atoms with Gasteiger partial charge in [-0.1, -0.05) is 24.3 Å². The molecule has 1 atom stereocenters. The first-order valence-electron chi connectivity index (χ1n) is 12.6. The molecule has 0 aliphatic carbocycles. The maximum absolute atomic E-state index is 13.7. The average molecular weight is 531 g/mol. The van der Waals surface area contributed by atoms with E-state index in [0.717, 1.165) is 32.5 Å². The second kappa shape index (κ2) is 12.6. The molecule has 198 valence electrons. The molecule has 0 spiro atoms. The maximum Gasteiger partial charge on any atom is 0.247 e. The Labute approximate surface area is 228 Å². The summed E-state index contributed by atoms with van der Waals surface area (Å²) in [7, 11) is 0. The Morgan fingerprint density at radius 2 is 1.87 bits per heavy atom. The van der Waals surface area contributed by atoms with E-state index in [-0.39, 0.29) is 12.0 Å². The third kappa shape index (κ3) is 6.50. The van der Waals surface area contributed by atoms with Crippen molar-refractivity contribution in [2.75, 3.05) is 23.9 Å². The minimum absolute atomic E-state index is 0.00620. The van der Waals surface area contributed by atoms with E-state index in [1.807, 2.05) is 87.7 Å². The molecule has 0 fully saturated rings. The Kier molecular flexibility index (Phi) is 8.97. The van der Waals surface area contributed by atoms with E-state index in [2.05, 4.69) is 21.7 Å². The molecule has 7 nitrogen and oxygen atoms in total. The highest BCUT2D eigenvalue weighted by Gasteiger charge is 2.23. The summed E-state index contributed by atoms with van der Waals surface area (Å²) in [6.07, 6.45) is 3.70. The summed E-state index contributed by atoms with van der Waals surface area (Å²) < 4.78 is 11.8. The predicted octanol–water partition coefficient (Wildman–Crippen LogP) is 6.19. The van der Waals surface area contributed by atoms with Crippen LogP contribution in [0.25, 0.3) is 10.8 Å². The van der Waals surface area contributed by atoms with Crippen LogP contribution in [0.3, 0.4) is 0 Å². The van der Waals surface area contributed by atoms with Crippen molar-refractivity contribution in [1.29, 1.82) is 0 Å². The summed E-state index contributed by atoms with van der Waals surface area (Å²) in [5.41, 5.74) is 8.65. The van der Waals surface area contributed by atoms with Crippen molar-refractivity contribution < 1.29 is 14.3 Å². The standard InChI is InChI=1S/C30H34N4O3S/c1-5-36-26-17-21(10-13-25(26)37-19(2)3)28(30(35)33-18-22-8-6-7-9-27(22)38-4)34-23-11-12-24-20(16-23)14-15-32-29(24)31/h6-17,19,28,34H,5,18H2,1-4H3,(H2,31,32)(H,33,35). The number of carbonyl (C=O) groups excluding carboxylic acids is 1. The van der Waals surface area contributed by atoms with Gasteiger partial charge in [0.2, 0.25) is 5.91 Å². The van der Waals surface area contributed by atoms with Gasteiger partial charge in [-0.05, 0) is 86.0 Å². The van der Waals surface area contributed by atoms with Crippen molar-refractivity contribution in [2.24, 2.45) is 0 Å². The lowest BCUT2D eigenvalue weighted by molar-refractivity contribution is -0.122. The third-order valence-corrected chi connectivity index (χ3v) is 6.82. The van der Waals surface area contributed by atoms with E-state index in [4.69, 9.17) is 15.2 Å². The molecule has 3 aromatic carbocycles. The summed E-state index contributed by atoms with van der Waals surface area (Å²) >= 11 is 1.66. The Hall–Kier alpha value is -3.91. The highest BCUT2D eigenvalue weighted by molar-refractivity contribution is 7.98. The number of nitrogens with one attached hydrogen (secondary N) is 2. The zero-order chi connectivity index (χ0) is 27.1. The third-order valence-electron chi connectivity index (χ3n) is 5.98. The number of fused-ring (bicyclic) bond motifs is 1. The fraction of sp³-hybridized carbons (Fsp3) is 0.267. The molecule has 0 saturated carbocycles. The second-order valence-corrected chi connectivity index (χ2v) is 9.89. The van der Waals surface area contributed by atoms with Crippen LogP contribution in [0.2, 0.25) is 0 Å². The highest BCUT2D eigenvalue weighted by Crippen LogP contribution is 2.33. The van der Waals surface area contributed by atoms with Crippen LogP contribution in [0, 0.1) is 0 Å². The van der Waals surface area contributed by atoms with Crippen molar-refractivity contribution >= 4 is 39.9 Å². The first-order chi connectivity index (χ1) is 18.4. The fourth-order valence-electron chi connectivity index (χ4n) is 4.22. The van der Waals surface area contributed by atoms with Crippen molar-refractivity contribution in [3.05, 3.63) is 84.1 Å². The summed E-state index contributed by atoms with van der Waals surface area (Å²) in [5.74, 6) is 1.56. The molecular weight excluding hydrogens is 496 g/mol. The van der Waals surface area contributed by atoms with E-state index in [1.165, 1.54) is 0 Å². The van der Waals surface area contributed by atoms with Gasteiger partial charge in [-0.2, -0.15) is 0 Å². The number of nitrogens with zero attached hydrogens (tertiary/aromatic N) is 1. The molecule has 38 heavy (non-hydrogen) atoms. The lowest BCUT2D eigenvalue weighted by Gasteiger charge is -2.22. The van der Waals surface area contributed by atoms with Crippen LogP contribution < -0.4 is 25.8 Å². The van der Waals surface area contributed by atoms with Gasteiger partial charge in [0, 0.05) is 28.7 Å². The van der Waals surface area contributed by atoms with E-state index in [0.29, 0.717) is 30.5 Å². The second-order valence-electron chi connectivity index (χ2n) is 9.04. The first kappa shape index (κ1) is 27.1. The van der Waals surface area contributed by atoms with Gasteiger partial charge < -0.3 is 25.8 Å². The molecule has 8 heteroatoms. The zero-order valence-corrected chi connectivity index (χ0v) is 23.0. The van der Waals surface area contributed by atoms with Gasteiger partial charge in [0.15, 0.2) is 11.5 Å². The zero-order valence-electron chi connectivity index (χ0n) is 22.2. The van der Waals surface area contributed by atoms with Crippen LogP contribution in [-0.2, 0) is 11.3 Å². The summed E-state index contributed by atoms with van der Waals surface area (Å²) in [4.78, 5) is 19.0. The SMILES string of the molecule is CCOc1cc(C(Nc2ccc3c(N)nccc3c2)C(=O)NCc2ccccc2SC)ccc1OC(C)C. The Balaban J connectivity index is 1.67. The van der Waals surface area contributed by atoms with Crippen LogP contribution >= 0.6 is 11.8 Å². The van der Waals surface area contributed by atoms with Gasteiger partial charge in [-0.15, -0.1) is 11.8 Å². The van der Waals surface area contributed by atoms with Crippen LogP contribution in [0.4, 0.5) is 11.5 Å². The number of amides is 1. The number of benzene rings is 3. The normalized spacial score (nSPS) is 11.8. The number of rotatable bonds is 11. The van der Waals surface area contributed by atoms with Gasteiger partial charge in [0.1, 0.15) is 11.9 Å². The van der Waals surface area contributed by atoms with Crippen LogP contribution in [0.1, 0.15) is 37.9 Å². The van der Waals surface area contributed by atoms with Gasteiger partial charge in [0.05, 0.1) is 12.7 Å². The molecule has 0 radical (unpaired) electrons. The van der Waals surface area contributed by atoms with Gasteiger partial charge in [-0.3, -0.25) is 4.79 Å². The van der Waals surface area contributed by atoms with Crippen molar-refractivity contribution in [2.45, 2.75) is 44.4 Å². The van der Waals surface area contributed by atoms with Crippen LogP contribution in [-0.4, -0.2) is 29.9 Å². The quantitative estimate of drug-likeness (QED) is 0.199. The van der Waals surface area contributed by atoms with Crippen molar-refractivity contribution in [3.8, 4) is 11.5 Å². The molecule has 1 heterocycles. The highest BCUT2D eigenvalue weighted by atomic mass is 32.2. The Bertz CT molecular complexity index is 1410. The lowest BCUT2D eigenvalue weighted by Crippen LogP contribution is -2.33. The molecule has 0 bridgehead atoms. The number of hydrogen-bond donors (Lipinski definition) is 3. The molecular formula is C30H34N4O3S. The Morgan fingerprint density at radius 3 is 2.63 bits per heavy atom. The molecule has 4 rings (SSSR count). The largest absolute Gasteiger partial charge is 0.490 e. The number of aromatic nitrogens is 1. The molecule has 1 unspecified atom stereocenters. The van der Waals surface area contributed by atoms with Crippen molar-refractivity contribution in [3.63, 3.8) is 0 Å². The van der Waals surface area contributed by atoms with Gasteiger partial charge in [0.25, 0.3) is 0 Å². The summed E-state index contributed by atoms with van der Waals surface area (Å²) in [6, 6.07) is 20.7. The Morgan fingerprint density at radius 1 is 1.05 bits per heavy atom. The number of pyridine rings is 1. The monoisotopic (exact) mass is 530 g/mol. The number of carbonyl (C=O) groups is 1. The fourth-order valence-corrected chi connectivity index (χ4v) is 4.83. The summed E-state index contributed by atoms with van der Waals surface area (Å²) in [5, 5.41) is 8.35. The van der Waals surface area contributed by atoms with Crippen molar-refractivity contribution in [1.82, 2.24) is 10.3 Å². The maximum atomic E-state index is 13.7. The minimum Gasteiger partial charge on any atom is -0.490 e. The van der Waals surface area contributed by atoms with E-state index in [1.54, 1.807) is 18.0 Å². The van der Waals surface area contributed by atoms with Crippen LogP contribution in [0.5, 0.6) is 11.5 Å². The smallest absolute Gasteiger partial charge is 0.247 e. The molecule has 1 amide bonds. The number of anilines is 2. The minimum atomic E-state index is -0.680. The topological polar surface area (TPSA) is 98.5 Å². The van der Waals surface area contributed by atoms with Gasteiger partial charge >= 0.3 is 0 Å². The van der Waals surface area contributed by atoms with Gasteiger partial charge in [-0.25, -0.2) is 4.98 Å². The average Bonchev–Trinajstić information content (AvgIpc) is 2.91. The lowest BCUT2D eigenvalue weighted by atomic mass is 10.0. The summed E-state index contributed by atoms with van der Waals surface area (Å²) in [6.45, 7) is 6.76. The number of thioether (sulfide) groups is 1. The van der Waals surface area contributed by atoms with E-state index < -0.39 is 6.04 Å². The van der Waals surface area contributed by atoms with E-state index in [9.17, 15) is 4.79 Å². The number of ether oxygens (including phenoxy) is 2. The molecule has 0 saturated heterocycles. The predicted molar refractivity (Wildman–Crippen MR) is 156 cm³/mol. The number of nitrogen functional groups attached to an aromatic ring is 1. The van der Waals surface area contributed by atoms with Crippen LogP contribution in [0.15, 0.2) is 77.8 Å². The molecule has 4 aromatic rings. The van der Waals surface area contributed by atoms with E-state index >= 15 is 0 Å². The molecule has 4 N–H and O–H groups in total. The number of hydrogen-bond acceptors (Lipinski definition) is 7. The molecule has 0 aliphatic heterocycles. The molecule has 1 aromatic heterocycles.